The largest absolute Gasteiger partial charge is 0.494 e. The molecule has 0 aliphatic heterocycles. The molecule has 0 aliphatic carbocycles. The van der Waals surface area contributed by atoms with Crippen LogP contribution in [0.3, 0.4) is 0 Å². The molecule has 1 rings (SSSR count). The van der Waals surface area contributed by atoms with Crippen LogP contribution in [0.5, 0.6) is 5.75 Å². The highest BCUT2D eigenvalue weighted by atomic mass is 32.2. The van der Waals surface area contributed by atoms with Gasteiger partial charge in [0.1, 0.15) is 5.75 Å². The number of ether oxygens (including phenoxy) is 1. The summed E-state index contributed by atoms with van der Waals surface area (Å²) in [5, 5.41) is 2.61. The fourth-order valence-corrected chi connectivity index (χ4v) is 1.67. The third-order valence-corrected chi connectivity index (χ3v) is 3.64. The van der Waals surface area contributed by atoms with Gasteiger partial charge < -0.3 is 10.1 Å². The SMILES string of the molecule is CCOc1ccc(NC(=O)CN(C)S(C)(=O)=O)cc1. The molecule has 0 unspecified atom stereocenters. The Kier molecular flexibility index (Phi) is 5.31. The number of sulfonamides is 1. The Labute approximate surface area is 113 Å². The Morgan fingerprint density at radius 2 is 1.89 bits per heavy atom. The Hall–Kier alpha value is -1.60. The van der Waals surface area contributed by atoms with Crippen molar-refractivity contribution in [2.24, 2.45) is 0 Å². The molecule has 0 heterocycles. The zero-order valence-electron chi connectivity index (χ0n) is 11.2. The molecule has 0 spiro atoms. The molecule has 7 heteroatoms. The van der Waals surface area contributed by atoms with Crippen molar-refractivity contribution in [3.63, 3.8) is 0 Å². The van der Waals surface area contributed by atoms with Crippen LogP contribution >= 0.6 is 0 Å². The molecule has 0 radical (unpaired) electrons. The average Bonchev–Trinajstić information content (AvgIpc) is 2.30. The molecule has 6 nitrogen and oxygen atoms in total. The van der Waals surface area contributed by atoms with E-state index in [1.807, 2.05) is 6.92 Å². The molecule has 0 saturated carbocycles. The molecule has 0 saturated heterocycles. The number of nitrogens with one attached hydrogen (secondary N) is 1. The molecule has 0 bridgehead atoms. The minimum Gasteiger partial charge on any atom is -0.494 e. The zero-order valence-corrected chi connectivity index (χ0v) is 12.0. The molecule has 0 atom stereocenters. The molecule has 1 aromatic carbocycles. The summed E-state index contributed by atoms with van der Waals surface area (Å²) in [6, 6.07) is 6.87. The second-order valence-corrected chi connectivity index (χ2v) is 6.11. The summed E-state index contributed by atoms with van der Waals surface area (Å²) in [5.41, 5.74) is 0.593. The number of amides is 1. The van der Waals surface area contributed by atoms with E-state index in [-0.39, 0.29) is 6.54 Å². The first-order chi connectivity index (χ1) is 8.82. The topological polar surface area (TPSA) is 75.7 Å². The Morgan fingerprint density at radius 1 is 1.32 bits per heavy atom. The third kappa shape index (κ3) is 5.27. The van der Waals surface area contributed by atoms with Gasteiger partial charge in [-0.1, -0.05) is 0 Å². The molecule has 1 aromatic rings. The minimum atomic E-state index is -3.35. The number of carbonyl (C=O) groups is 1. The molecule has 0 aliphatic rings. The van der Waals surface area contributed by atoms with Crippen molar-refractivity contribution >= 4 is 21.6 Å². The first-order valence-electron chi connectivity index (χ1n) is 5.77. The maximum Gasteiger partial charge on any atom is 0.239 e. The summed E-state index contributed by atoms with van der Waals surface area (Å²) in [7, 11) is -2.00. The first-order valence-corrected chi connectivity index (χ1v) is 7.61. The van der Waals surface area contributed by atoms with Gasteiger partial charge in [-0.3, -0.25) is 4.79 Å². The average molecular weight is 286 g/mol. The minimum absolute atomic E-state index is 0.216. The van der Waals surface area contributed by atoms with Gasteiger partial charge in [-0.05, 0) is 31.2 Å². The predicted molar refractivity (Wildman–Crippen MR) is 73.7 cm³/mol. The second-order valence-electron chi connectivity index (χ2n) is 4.02. The van der Waals surface area contributed by atoms with Crippen LogP contribution in [0.4, 0.5) is 5.69 Å². The van der Waals surface area contributed by atoms with E-state index in [1.54, 1.807) is 24.3 Å². The summed E-state index contributed by atoms with van der Waals surface area (Å²) in [4.78, 5) is 11.6. The lowest BCUT2D eigenvalue weighted by atomic mass is 10.3. The number of likely N-dealkylation sites (N-methyl/N-ethyl adjacent to an activating group) is 1. The van der Waals surface area contributed by atoms with Gasteiger partial charge in [0, 0.05) is 12.7 Å². The predicted octanol–water partition coefficient (Wildman–Crippen LogP) is 0.915. The number of hydrogen-bond donors (Lipinski definition) is 1. The van der Waals surface area contributed by atoms with Crippen molar-refractivity contribution in [1.29, 1.82) is 0 Å². The summed E-state index contributed by atoms with van der Waals surface area (Å²) < 4.78 is 28.6. The van der Waals surface area contributed by atoms with E-state index in [1.165, 1.54) is 7.05 Å². The number of anilines is 1. The lowest BCUT2D eigenvalue weighted by Gasteiger charge is -2.13. The van der Waals surface area contributed by atoms with Crippen LogP contribution in [0, 0.1) is 0 Å². The lowest BCUT2D eigenvalue weighted by molar-refractivity contribution is -0.116. The van der Waals surface area contributed by atoms with Gasteiger partial charge in [0.05, 0.1) is 19.4 Å². The summed E-state index contributed by atoms with van der Waals surface area (Å²) in [6.07, 6.45) is 1.05. The zero-order chi connectivity index (χ0) is 14.5. The van der Waals surface area contributed by atoms with E-state index in [4.69, 9.17) is 4.74 Å². The quantitative estimate of drug-likeness (QED) is 0.843. The molecular formula is C12H18N2O4S. The molecular weight excluding hydrogens is 268 g/mol. The van der Waals surface area contributed by atoms with Crippen molar-refractivity contribution in [2.45, 2.75) is 6.92 Å². The Morgan fingerprint density at radius 3 is 2.37 bits per heavy atom. The fraction of sp³-hybridized carbons (Fsp3) is 0.417. The molecule has 1 N–H and O–H groups in total. The summed E-state index contributed by atoms with van der Waals surface area (Å²) in [6.45, 7) is 2.24. The maximum absolute atomic E-state index is 11.6. The van der Waals surface area contributed by atoms with Gasteiger partial charge in [-0.2, -0.15) is 4.31 Å². The number of hydrogen-bond acceptors (Lipinski definition) is 4. The van der Waals surface area contributed by atoms with Crippen molar-refractivity contribution in [3.05, 3.63) is 24.3 Å². The van der Waals surface area contributed by atoms with Crippen LogP contribution in [0.2, 0.25) is 0 Å². The lowest BCUT2D eigenvalue weighted by Crippen LogP contribution is -2.34. The van der Waals surface area contributed by atoms with Gasteiger partial charge in [-0.25, -0.2) is 8.42 Å². The van der Waals surface area contributed by atoms with Crippen molar-refractivity contribution in [3.8, 4) is 5.75 Å². The fourth-order valence-electron chi connectivity index (χ4n) is 1.32. The van der Waals surface area contributed by atoms with Gasteiger partial charge in [-0.15, -0.1) is 0 Å². The normalized spacial score (nSPS) is 11.4. The van der Waals surface area contributed by atoms with Crippen LogP contribution in [-0.2, 0) is 14.8 Å². The van der Waals surface area contributed by atoms with E-state index < -0.39 is 15.9 Å². The standard InChI is InChI=1S/C12H18N2O4S/c1-4-18-11-7-5-10(6-8-11)13-12(15)9-14(2)19(3,16)17/h5-8H,4,9H2,1-3H3,(H,13,15). The Balaban J connectivity index is 2.57. The molecule has 0 aromatic heterocycles. The van der Waals surface area contributed by atoms with E-state index in [0.29, 0.717) is 18.0 Å². The summed E-state index contributed by atoms with van der Waals surface area (Å²) in [5.74, 6) is 0.325. The molecule has 19 heavy (non-hydrogen) atoms. The van der Waals surface area contributed by atoms with E-state index >= 15 is 0 Å². The van der Waals surface area contributed by atoms with Crippen LogP contribution in [0.1, 0.15) is 6.92 Å². The highest BCUT2D eigenvalue weighted by molar-refractivity contribution is 7.88. The number of nitrogens with zero attached hydrogens (tertiary/aromatic N) is 1. The molecule has 106 valence electrons. The van der Waals surface area contributed by atoms with E-state index in [9.17, 15) is 13.2 Å². The van der Waals surface area contributed by atoms with Crippen molar-refractivity contribution in [2.75, 3.05) is 31.8 Å². The first kappa shape index (κ1) is 15.5. The maximum atomic E-state index is 11.6. The van der Waals surface area contributed by atoms with E-state index in [0.717, 1.165) is 10.6 Å². The Bertz CT molecular complexity index is 525. The monoisotopic (exact) mass is 286 g/mol. The highest BCUT2D eigenvalue weighted by Crippen LogP contribution is 2.15. The van der Waals surface area contributed by atoms with Gasteiger partial charge >= 0.3 is 0 Å². The highest BCUT2D eigenvalue weighted by Gasteiger charge is 2.14. The van der Waals surface area contributed by atoms with Gasteiger partial charge in [0.25, 0.3) is 0 Å². The molecule has 0 fully saturated rings. The van der Waals surface area contributed by atoms with Crippen LogP contribution in [-0.4, -0.2) is 45.1 Å². The van der Waals surface area contributed by atoms with Gasteiger partial charge in [0.2, 0.25) is 15.9 Å². The number of carbonyl (C=O) groups excluding carboxylic acids is 1. The smallest absolute Gasteiger partial charge is 0.239 e. The van der Waals surface area contributed by atoms with Gasteiger partial charge in [0.15, 0.2) is 0 Å². The molecule has 1 amide bonds. The van der Waals surface area contributed by atoms with Crippen LogP contribution in [0.15, 0.2) is 24.3 Å². The van der Waals surface area contributed by atoms with Crippen molar-refractivity contribution < 1.29 is 17.9 Å². The summed E-state index contributed by atoms with van der Waals surface area (Å²) >= 11 is 0. The number of benzene rings is 1. The second kappa shape index (κ2) is 6.53. The third-order valence-electron chi connectivity index (χ3n) is 2.38. The van der Waals surface area contributed by atoms with Crippen LogP contribution < -0.4 is 10.1 Å². The van der Waals surface area contributed by atoms with Crippen molar-refractivity contribution in [1.82, 2.24) is 4.31 Å². The van der Waals surface area contributed by atoms with E-state index in [2.05, 4.69) is 5.32 Å². The number of rotatable bonds is 6. The van der Waals surface area contributed by atoms with Crippen LogP contribution in [0.25, 0.3) is 0 Å².